The van der Waals surface area contributed by atoms with Crippen LogP contribution in [0.5, 0.6) is 0 Å². The van der Waals surface area contributed by atoms with Crippen LogP contribution in [0.4, 0.5) is 0 Å². The minimum atomic E-state index is -2.57. The van der Waals surface area contributed by atoms with Gasteiger partial charge in [0.25, 0.3) is 0 Å². The summed E-state index contributed by atoms with van der Waals surface area (Å²) in [7, 11) is -2.57. The van der Waals surface area contributed by atoms with E-state index in [1.165, 1.54) is 25.7 Å². The number of unbranched alkanes of at least 4 members (excludes halogenated alkanes) is 4. The molecule has 3 nitrogen and oxygen atoms in total. The first kappa shape index (κ1) is 20.1. The molecule has 0 aliphatic rings. The van der Waals surface area contributed by atoms with Crippen molar-refractivity contribution in [3.63, 3.8) is 0 Å². The Balaban J connectivity index is 4.42. The van der Waals surface area contributed by atoms with E-state index in [0.29, 0.717) is 5.54 Å². The van der Waals surface area contributed by atoms with Gasteiger partial charge in [-0.25, -0.2) is 0 Å². The standard InChI is InChI=1S/C16H36O3Si/c1-8-9-10-11-12-13-17-20(16(6)7,18-14(2)3)19-15(4)5/h14-16H,8-13H2,1-7H3. The molecule has 20 heavy (non-hydrogen) atoms. The lowest BCUT2D eigenvalue weighted by molar-refractivity contribution is 0.0125. The maximum Gasteiger partial charge on any atom is 0.504 e. The highest BCUT2D eigenvalue weighted by Gasteiger charge is 2.46. The summed E-state index contributed by atoms with van der Waals surface area (Å²) < 4.78 is 18.5. The highest BCUT2D eigenvalue weighted by Crippen LogP contribution is 2.28. The third-order valence-corrected chi connectivity index (χ3v) is 6.68. The van der Waals surface area contributed by atoms with E-state index in [0.717, 1.165) is 13.0 Å². The van der Waals surface area contributed by atoms with Crippen LogP contribution in [-0.4, -0.2) is 27.6 Å². The highest BCUT2D eigenvalue weighted by atomic mass is 28.4. The largest absolute Gasteiger partial charge is 0.504 e. The Kier molecular flexibility index (Phi) is 10.8. The summed E-state index contributed by atoms with van der Waals surface area (Å²) in [5.74, 6) is 0. The van der Waals surface area contributed by atoms with Gasteiger partial charge in [-0.3, -0.25) is 0 Å². The number of hydrogen-bond donors (Lipinski definition) is 0. The lowest BCUT2D eigenvalue weighted by Gasteiger charge is -2.35. The van der Waals surface area contributed by atoms with Crippen LogP contribution in [0.3, 0.4) is 0 Å². The Hall–Kier alpha value is 0.0969. The first-order valence-corrected chi connectivity index (χ1v) is 10.1. The molecule has 0 fully saturated rings. The van der Waals surface area contributed by atoms with E-state index in [1.807, 2.05) is 0 Å². The van der Waals surface area contributed by atoms with Gasteiger partial charge in [0.1, 0.15) is 0 Å². The van der Waals surface area contributed by atoms with Crippen LogP contribution in [0.25, 0.3) is 0 Å². The van der Waals surface area contributed by atoms with E-state index in [4.69, 9.17) is 13.3 Å². The molecule has 0 aromatic heterocycles. The van der Waals surface area contributed by atoms with Crippen molar-refractivity contribution in [3.8, 4) is 0 Å². The molecule has 4 heteroatoms. The first-order valence-electron chi connectivity index (χ1n) is 8.33. The van der Waals surface area contributed by atoms with E-state index in [1.54, 1.807) is 0 Å². The van der Waals surface area contributed by atoms with Gasteiger partial charge in [-0.2, -0.15) is 0 Å². The van der Waals surface area contributed by atoms with Crippen LogP contribution in [0, 0.1) is 0 Å². The average Bonchev–Trinajstić information content (AvgIpc) is 2.31. The maximum atomic E-state index is 6.19. The van der Waals surface area contributed by atoms with Crippen molar-refractivity contribution in [2.75, 3.05) is 6.61 Å². The quantitative estimate of drug-likeness (QED) is 0.367. The Morgan fingerprint density at radius 2 is 1.25 bits per heavy atom. The molecule has 0 aromatic carbocycles. The summed E-state index contributed by atoms with van der Waals surface area (Å²) in [6, 6.07) is 0. The minimum absolute atomic E-state index is 0.142. The average molecular weight is 305 g/mol. The SMILES string of the molecule is CCCCCCCO[Si](OC(C)C)(OC(C)C)C(C)C. The van der Waals surface area contributed by atoms with Crippen molar-refractivity contribution in [1.82, 2.24) is 0 Å². The molecular weight excluding hydrogens is 268 g/mol. The minimum Gasteiger partial charge on any atom is -0.373 e. The normalized spacial score (nSPS) is 12.9. The second-order valence-electron chi connectivity index (χ2n) is 6.35. The summed E-state index contributed by atoms with van der Waals surface area (Å²) in [5, 5.41) is 0. The van der Waals surface area contributed by atoms with Crippen molar-refractivity contribution in [1.29, 1.82) is 0 Å². The lowest BCUT2D eigenvalue weighted by Crippen LogP contribution is -2.51. The summed E-state index contributed by atoms with van der Waals surface area (Å²) in [6.45, 7) is 15.5. The Labute approximate surface area is 127 Å². The molecule has 0 aliphatic heterocycles. The van der Waals surface area contributed by atoms with E-state index < -0.39 is 8.80 Å². The Morgan fingerprint density at radius 3 is 1.65 bits per heavy atom. The smallest absolute Gasteiger partial charge is 0.373 e. The van der Waals surface area contributed by atoms with Gasteiger partial charge in [-0.05, 0) is 34.1 Å². The molecule has 0 radical (unpaired) electrons. The molecule has 0 amide bonds. The molecule has 0 spiro atoms. The van der Waals surface area contributed by atoms with Gasteiger partial charge >= 0.3 is 8.80 Å². The van der Waals surface area contributed by atoms with Crippen LogP contribution in [-0.2, 0) is 13.3 Å². The number of rotatable bonds is 12. The zero-order valence-corrected chi connectivity index (χ0v) is 15.7. The van der Waals surface area contributed by atoms with Gasteiger partial charge in [-0.15, -0.1) is 0 Å². The molecule has 0 aliphatic carbocycles. The molecule has 0 bridgehead atoms. The van der Waals surface area contributed by atoms with Gasteiger partial charge in [-0.1, -0.05) is 46.5 Å². The molecule has 0 N–H and O–H groups in total. The number of hydrogen-bond acceptors (Lipinski definition) is 3. The molecule has 0 saturated carbocycles. The van der Waals surface area contributed by atoms with Crippen molar-refractivity contribution >= 4 is 8.80 Å². The lowest BCUT2D eigenvalue weighted by atomic mass is 10.2. The monoisotopic (exact) mass is 304 g/mol. The zero-order valence-electron chi connectivity index (χ0n) is 14.7. The fourth-order valence-electron chi connectivity index (χ4n) is 2.11. The second-order valence-corrected chi connectivity index (χ2v) is 9.48. The molecule has 0 rings (SSSR count). The van der Waals surface area contributed by atoms with Gasteiger partial charge in [0.05, 0.1) is 0 Å². The molecular formula is C16H36O3Si. The maximum absolute atomic E-state index is 6.19. The van der Waals surface area contributed by atoms with Crippen molar-refractivity contribution in [2.24, 2.45) is 0 Å². The second kappa shape index (κ2) is 10.8. The molecule has 122 valence electrons. The van der Waals surface area contributed by atoms with Crippen LogP contribution >= 0.6 is 0 Å². The van der Waals surface area contributed by atoms with Gasteiger partial charge in [0, 0.05) is 24.4 Å². The zero-order chi connectivity index (χ0) is 15.6. The molecule has 0 saturated heterocycles. The van der Waals surface area contributed by atoms with Crippen molar-refractivity contribution in [2.45, 2.75) is 98.3 Å². The topological polar surface area (TPSA) is 27.7 Å². The summed E-state index contributed by atoms with van der Waals surface area (Å²) >= 11 is 0. The van der Waals surface area contributed by atoms with Crippen LogP contribution in [0.2, 0.25) is 5.54 Å². The van der Waals surface area contributed by atoms with E-state index in [2.05, 4.69) is 48.5 Å². The fourth-order valence-corrected chi connectivity index (χ4v) is 4.92. The van der Waals surface area contributed by atoms with Gasteiger partial charge in [0.2, 0.25) is 0 Å². The van der Waals surface area contributed by atoms with Crippen molar-refractivity contribution < 1.29 is 13.3 Å². The van der Waals surface area contributed by atoms with Crippen LogP contribution in [0.15, 0.2) is 0 Å². The third kappa shape index (κ3) is 8.40. The highest BCUT2D eigenvalue weighted by molar-refractivity contribution is 6.62. The van der Waals surface area contributed by atoms with E-state index in [9.17, 15) is 0 Å². The summed E-state index contributed by atoms with van der Waals surface area (Å²) in [4.78, 5) is 0. The molecule has 0 heterocycles. The van der Waals surface area contributed by atoms with Crippen LogP contribution < -0.4 is 0 Å². The van der Waals surface area contributed by atoms with Gasteiger partial charge in [0.15, 0.2) is 0 Å². The third-order valence-electron chi connectivity index (χ3n) is 3.06. The van der Waals surface area contributed by atoms with Crippen LogP contribution in [0.1, 0.15) is 80.6 Å². The van der Waals surface area contributed by atoms with E-state index in [-0.39, 0.29) is 12.2 Å². The van der Waals surface area contributed by atoms with Gasteiger partial charge < -0.3 is 13.3 Å². The predicted octanol–water partition coefficient (Wildman–Crippen LogP) is 5.17. The predicted molar refractivity (Wildman–Crippen MR) is 88.0 cm³/mol. The van der Waals surface area contributed by atoms with Crippen molar-refractivity contribution in [3.05, 3.63) is 0 Å². The molecule has 0 atom stereocenters. The first-order chi connectivity index (χ1) is 9.34. The van der Waals surface area contributed by atoms with E-state index >= 15 is 0 Å². The molecule has 0 aromatic rings. The molecule has 0 unspecified atom stereocenters. The summed E-state index contributed by atoms with van der Waals surface area (Å²) in [5.41, 5.74) is 0.294. The summed E-state index contributed by atoms with van der Waals surface area (Å²) in [6.07, 6.45) is 6.51. The Bertz CT molecular complexity index is 220. The fraction of sp³-hybridized carbons (Fsp3) is 1.00. The Morgan fingerprint density at radius 1 is 0.750 bits per heavy atom.